The predicted octanol–water partition coefficient (Wildman–Crippen LogP) is 4.68. The normalized spacial score (nSPS) is 9.89. The maximum atomic E-state index is 8.89. The van der Waals surface area contributed by atoms with Crippen LogP contribution in [0.25, 0.3) is 0 Å². The number of halogens is 1. The second-order valence-corrected chi connectivity index (χ2v) is 5.08. The van der Waals surface area contributed by atoms with Crippen molar-refractivity contribution in [3.8, 4) is 6.07 Å². The van der Waals surface area contributed by atoms with Gasteiger partial charge in [-0.15, -0.1) is 0 Å². The number of aryl methyl sites for hydroxylation is 2. The second kappa shape index (κ2) is 5.24. The fourth-order valence-electron chi connectivity index (χ4n) is 1.76. The molecular formula is C15H13BrN2. The van der Waals surface area contributed by atoms with Crippen molar-refractivity contribution < 1.29 is 0 Å². The lowest BCUT2D eigenvalue weighted by Crippen LogP contribution is -1.92. The molecule has 0 radical (unpaired) electrons. The van der Waals surface area contributed by atoms with E-state index in [0.29, 0.717) is 5.56 Å². The summed E-state index contributed by atoms with van der Waals surface area (Å²) in [4.78, 5) is 0. The van der Waals surface area contributed by atoms with E-state index in [-0.39, 0.29) is 0 Å². The molecule has 2 nitrogen and oxygen atoms in total. The highest BCUT2D eigenvalue weighted by Gasteiger charge is 2.01. The minimum Gasteiger partial charge on any atom is -0.356 e. The van der Waals surface area contributed by atoms with E-state index >= 15 is 0 Å². The third kappa shape index (κ3) is 2.72. The Bertz CT molecular complexity index is 627. The van der Waals surface area contributed by atoms with Crippen LogP contribution in [0.2, 0.25) is 0 Å². The van der Waals surface area contributed by atoms with Crippen LogP contribution in [-0.4, -0.2) is 0 Å². The second-order valence-electron chi connectivity index (χ2n) is 4.23. The first-order valence-electron chi connectivity index (χ1n) is 5.64. The van der Waals surface area contributed by atoms with E-state index in [1.165, 1.54) is 5.56 Å². The minimum absolute atomic E-state index is 0.715. The number of nitrogens with zero attached hydrogens (tertiary/aromatic N) is 1. The summed E-state index contributed by atoms with van der Waals surface area (Å²) in [7, 11) is 0. The molecule has 0 unspecified atom stereocenters. The third-order valence-electron chi connectivity index (χ3n) is 2.79. The predicted molar refractivity (Wildman–Crippen MR) is 78.1 cm³/mol. The van der Waals surface area contributed by atoms with Crippen LogP contribution in [0.4, 0.5) is 11.4 Å². The van der Waals surface area contributed by atoms with Gasteiger partial charge in [0.15, 0.2) is 0 Å². The molecule has 0 atom stereocenters. The molecular weight excluding hydrogens is 288 g/mol. The molecule has 2 aromatic rings. The molecule has 3 heteroatoms. The molecule has 0 heterocycles. The lowest BCUT2D eigenvalue weighted by molar-refractivity contribution is 1.38. The van der Waals surface area contributed by atoms with Gasteiger partial charge in [0.1, 0.15) is 0 Å². The van der Waals surface area contributed by atoms with E-state index in [2.05, 4.69) is 40.3 Å². The van der Waals surface area contributed by atoms with Gasteiger partial charge in [-0.2, -0.15) is 5.26 Å². The van der Waals surface area contributed by atoms with Gasteiger partial charge in [0.05, 0.1) is 11.6 Å². The van der Waals surface area contributed by atoms with E-state index in [1.54, 1.807) is 0 Å². The first-order valence-corrected chi connectivity index (χ1v) is 6.43. The van der Waals surface area contributed by atoms with Gasteiger partial charge >= 0.3 is 0 Å². The zero-order chi connectivity index (χ0) is 13.1. The third-order valence-corrected chi connectivity index (χ3v) is 3.68. The zero-order valence-electron chi connectivity index (χ0n) is 10.3. The maximum Gasteiger partial charge on any atom is 0.0994 e. The minimum atomic E-state index is 0.715. The Kier molecular flexibility index (Phi) is 3.69. The van der Waals surface area contributed by atoms with Crippen molar-refractivity contribution in [3.63, 3.8) is 0 Å². The molecule has 0 amide bonds. The quantitative estimate of drug-likeness (QED) is 0.874. The fourth-order valence-corrected chi connectivity index (χ4v) is 2.00. The highest BCUT2D eigenvalue weighted by Crippen LogP contribution is 2.24. The molecule has 2 rings (SSSR count). The number of rotatable bonds is 2. The molecule has 0 aliphatic rings. The highest BCUT2D eigenvalue weighted by atomic mass is 79.9. The average molecular weight is 301 g/mol. The molecule has 90 valence electrons. The summed E-state index contributed by atoms with van der Waals surface area (Å²) in [6.07, 6.45) is 0. The lowest BCUT2D eigenvalue weighted by Gasteiger charge is -2.09. The number of hydrogen-bond acceptors (Lipinski definition) is 2. The summed E-state index contributed by atoms with van der Waals surface area (Å²) in [5, 5.41) is 12.2. The lowest BCUT2D eigenvalue weighted by atomic mass is 10.1. The van der Waals surface area contributed by atoms with Crippen molar-refractivity contribution >= 4 is 27.3 Å². The van der Waals surface area contributed by atoms with Gasteiger partial charge < -0.3 is 5.32 Å². The summed E-state index contributed by atoms with van der Waals surface area (Å²) in [6, 6.07) is 14.0. The summed E-state index contributed by atoms with van der Waals surface area (Å²) >= 11 is 3.48. The zero-order valence-corrected chi connectivity index (χ0v) is 11.9. The maximum absolute atomic E-state index is 8.89. The standard InChI is InChI=1S/C15H13BrN2/c1-10-7-13(4-3-12(10)9-17)18-14-5-6-15(16)11(2)8-14/h3-8,18H,1-2H3. The van der Waals surface area contributed by atoms with E-state index in [9.17, 15) is 0 Å². The van der Waals surface area contributed by atoms with Gasteiger partial charge in [0, 0.05) is 15.8 Å². The van der Waals surface area contributed by atoms with Crippen molar-refractivity contribution in [3.05, 3.63) is 57.6 Å². The van der Waals surface area contributed by atoms with Gasteiger partial charge in [-0.1, -0.05) is 15.9 Å². The molecule has 0 aliphatic carbocycles. The van der Waals surface area contributed by atoms with Crippen molar-refractivity contribution in [2.75, 3.05) is 5.32 Å². The van der Waals surface area contributed by atoms with E-state index in [1.807, 2.05) is 37.3 Å². The Labute approximate surface area is 115 Å². The van der Waals surface area contributed by atoms with Crippen molar-refractivity contribution in [2.45, 2.75) is 13.8 Å². The van der Waals surface area contributed by atoms with Gasteiger partial charge in [-0.05, 0) is 61.4 Å². The van der Waals surface area contributed by atoms with Crippen LogP contribution in [0, 0.1) is 25.2 Å². The van der Waals surface area contributed by atoms with Crippen LogP contribution < -0.4 is 5.32 Å². The molecule has 0 aromatic heterocycles. The van der Waals surface area contributed by atoms with Crippen LogP contribution >= 0.6 is 15.9 Å². The summed E-state index contributed by atoms with van der Waals surface area (Å²) in [6.45, 7) is 4.00. The highest BCUT2D eigenvalue weighted by molar-refractivity contribution is 9.10. The molecule has 2 aromatic carbocycles. The topological polar surface area (TPSA) is 35.8 Å². The molecule has 18 heavy (non-hydrogen) atoms. The van der Waals surface area contributed by atoms with Gasteiger partial charge in [-0.3, -0.25) is 0 Å². The largest absolute Gasteiger partial charge is 0.356 e. The van der Waals surface area contributed by atoms with E-state index in [4.69, 9.17) is 5.26 Å². The monoisotopic (exact) mass is 300 g/mol. The molecule has 0 bridgehead atoms. The first-order chi connectivity index (χ1) is 8.60. The Hall–Kier alpha value is -1.79. The molecule has 0 saturated heterocycles. The molecule has 0 fully saturated rings. The van der Waals surface area contributed by atoms with Gasteiger partial charge in [0.25, 0.3) is 0 Å². The molecule has 1 N–H and O–H groups in total. The summed E-state index contributed by atoms with van der Waals surface area (Å²) < 4.78 is 1.10. The van der Waals surface area contributed by atoms with Crippen LogP contribution in [0.1, 0.15) is 16.7 Å². The van der Waals surface area contributed by atoms with Crippen LogP contribution in [0.15, 0.2) is 40.9 Å². The van der Waals surface area contributed by atoms with Crippen LogP contribution in [-0.2, 0) is 0 Å². The number of hydrogen-bond donors (Lipinski definition) is 1. The number of anilines is 2. The Morgan fingerprint density at radius 2 is 1.61 bits per heavy atom. The molecule has 0 aliphatic heterocycles. The van der Waals surface area contributed by atoms with E-state index in [0.717, 1.165) is 21.4 Å². The van der Waals surface area contributed by atoms with Crippen LogP contribution in [0.5, 0.6) is 0 Å². The fraction of sp³-hybridized carbons (Fsp3) is 0.133. The molecule has 0 saturated carbocycles. The van der Waals surface area contributed by atoms with Crippen molar-refractivity contribution in [1.82, 2.24) is 0 Å². The van der Waals surface area contributed by atoms with Gasteiger partial charge in [-0.25, -0.2) is 0 Å². The van der Waals surface area contributed by atoms with E-state index < -0.39 is 0 Å². The number of nitriles is 1. The Morgan fingerprint density at radius 1 is 1.00 bits per heavy atom. The number of nitrogens with one attached hydrogen (secondary N) is 1. The first kappa shape index (κ1) is 12.7. The van der Waals surface area contributed by atoms with Crippen molar-refractivity contribution in [1.29, 1.82) is 5.26 Å². The SMILES string of the molecule is Cc1cc(Nc2ccc(C#N)c(C)c2)ccc1Br. The average Bonchev–Trinajstić information content (AvgIpc) is 2.34. The summed E-state index contributed by atoms with van der Waals surface area (Å²) in [5.41, 5.74) is 4.92. The van der Waals surface area contributed by atoms with Gasteiger partial charge in [0.2, 0.25) is 0 Å². The van der Waals surface area contributed by atoms with Crippen molar-refractivity contribution in [2.24, 2.45) is 0 Å². The Morgan fingerprint density at radius 3 is 2.17 bits per heavy atom. The smallest absolute Gasteiger partial charge is 0.0994 e. The van der Waals surface area contributed by atoms with Crippen LogP contribution in [0.3, 0.4) is 0 Å². The summed E-state index contributed by atoms with van der Waals surface area (Å²) in [5.74, 6) is 0. The number of benzene rings is 2. The molecule has 0 spiro atoms. The Balaban J connectivity index is 2.26.